The van der Waals surface area contributed by atoms with Gasteiger partial charge in [0.15, 0.2) is 28.6 Å². The van der Waals surface area contributed by atoms with E-state index in [2.05, 4.69) is 56.9 Å². The summed E-state index contributed by atoms with van der Waals surface area (Å²) in [4.78, 5) is 13.4. The number of ether oxygens (including phenoxy) is 2. The predicted molar refractivity (Wildman–Crippen MR) is 142 cm³/mol. The first-order chi connectivity index (χ1) is 18.2. The van der Waals surface area contributed by atoms with Gasteiger partial charge < -0.3 is 19.4 Å². The maximum Gasteiger partial charge on any atom is 0.210 e. The predicted octanol–water partition coefficient (Wildman–Crippen LogP) is 5.05. The van der Waals surface area contributed by atoms with Crippen molar-refractivity contribution >= 4 is 40.2 Å². The van der Waals surface area contributed by atoms with E-state index in [1.807, 2.05) is 11.6 Å². The van der Waals surface area contributed by atoms with Gasteiger partial charge in [-0.3, -0.25) is 4.68 Å². The molecule has 0 aromatic carbocycles. The van der Waals surface area contributed by atoms with Gasteiger partial charge in [0.05, 0.1) is 31.6 Å². The highest BCUT2D eigenvalue weighted by molar-refractivity contribution is 6.36. The van der Waals surface area contributed by atoms with Crippen LogP contribution in [0.2, 0.25) is 5.02 Å². The fourth-order valence-electron chi connectivity index (χ4n) is 5.42. The molecule has 1 saturated carbocycles. The topological polar surface area (TPSA) is 109 Å². The quantitative estimate of drug-likeness (QED) is 0.334. The van der Waals surface area contributed by atoms with Crippen molar-refractivity contribution in [3.8, 4) is 11.5 Å². The zero-order chi connectivity index (χ0) is 26.2. The molecule has 1 aliphatic heterocycles. The summed E-state index contributed by atoms with van der Waals surface area (Å²) in [5.41, 5.74) is 3.34. The largest absolute Gasteiger partial charge is 0.452 e. The number of halogens is 1. The Bertz CT molecular complexity index is 1680. The zero-order valence-corrected chi connectivity index (χ0v) is 22.4. The molecule has 0 unspecified atom stereocenters. The Hall–Kier alpha value is -3.70. The van der Waals surface area contributed by atoms with E-state index in [0.29, 0.717) is 50.7 Å². The summed E-state index contributed by atoms with van der Waals surface area (Å²) in [5.74, 6) is 2.25. The summed E-state index contributed by atoms with van der Waals surface area (Å²) >= 11 is 6.79. The van der Waals surface area contributed by atoms with Crippen molar-refractivity contribution in [1.82, 2.24) is 38.9 Å². The summed E-state index contributed by atoms with van der Waals surface area (Å²) in [5, 5.41) is 13.1. The molecule has 12 heteroatoms. The normalized spacial score (nSPS) is 17.2. The van der Waals surface area contributed by atoms with Crippen LogP contribution in [0.5, 0.6) is 11.5 Å². The molecule has 6 heterocycles. The zero-order valence-electron chi connectivity index (χ0n) is 21.6. The van der Waals surface area contributed by atoms with Crippen LogP contribution in [0.15, 0.2) is 36.9 Å². The molecule has 2 fully saturated rings. The number of aryl methyl sites for hydroxylation is 1. The first-order valence-electron chi connectivity index (χ1n) is 12.6. The highest BCUT2D eigenvalue weighted by Gasteiger charge is 2.51. The monoisotopic (exact) mass is 533 g/mol. The van der Waals surface area contributed by atoms with Crippen molar-refractivity contribution in [1.29, 1.82) is 0 Å². The van der Waals surface area contributed by atoms with E-state index in [4.69, 9.17) is 26.2 Å². The van der Waals surface area contributed by atoms with Gasteiger partial charge in [-0.1, -0.05) is 32.4 Å². The maximum absolute atomic E-state index is 6.79. The summed E-state index contributed by atoms with van der Waals surface area (Å²) in [7, 11) is 1.89. The van der Waals surface area contributed by atoms with E-state index in [9.17, 15) is 0 Å². The molecule has 7 rings (SSSR count). The summed E-state index contributed by atoms with van der Waals surface area (Å²) in [6.45, 7) is 8.38. The molecule has 5 aromatic heterocycles. The van der Waals surface area contributed by atoms with E-state index in [1.165, 1.54) is 5.69 Å². The lowest BCUT2D eigenvalue weighted by Gasteiger charge is -2.53. The number of nitrogens with zero attached hydrogens (tertiary/aromatic N) is 8. The van der Waals surface area contributed by atoms with Crippen molar-refractivity contribution in [2.75, 3.05) is 18.5 Å². The van der Waals surface area contributed by atoms with Crippen LogP contribution in [0.3, 0.4) is 0 Å². The molecule has 196 valence electrons. The van der Waals surface area contributed by atoms with Crippen molar-refractivity contribution < 1.29 is 9.47 Å². The van der Waals surface area contributed by atoms with Crippen LogP contribution in [0, 0.1) is 5.41 Å². The molecule has 0 amide bonds. The Kier molecular flexibility index (Phi) is 5.02. The van der Waals surface area contributed by atoms with E-state index in [0.717, 1.165) is 31.9 Å². The molecular formula is C26H28ClN9O2. The van der Waals surface area contributed by atoms with Gasteiger partial charge in [-0.15, -0.1) is 0 Å². The Labute approximate surface area is 223 Å². The van der Waals surface area contributed by atoms with Gasteiger partial charge in [-0.25, -0.2) is 14.5 Å². The van der Waals surface area contributed by atoms with E-state index in [-0.39, 0.29) is 5.41 Å². The molecule has 11 nitrogen and oxygen atoms in total. The SMILES string of the molecule is Cn1c(Nc2cc(C(C)(C)C)n(C3CC4(COC4)C3)n2)nc2ncc(Oc3cnn4ccnc4c3)c(Cl)c21. The van der Waals surface area contributed by atoms with Crippen LogP contribution in [0.4, 0.5) is 11.8 Å². The number of hydrogen-bond acceptors (Lipinski definition) is 8. The van der Waals surface area contributed by atoms with Crippen LogP contribution >= 0.6 is 11.6 Å². The molecule has 1 aliphatic carbocycles. The highest BCUT2D eigenvalue weighted by atomic mass is 35.5. The average molecular weight is 534 g/mol. The fraction of sp³-hybridized carbons (Fsp3) is 0.423. The van der Waals surface area contributed by atoms with Gasteiger partial charge in [0, 0.05) is 48.1 Å². The van der Waals surface area contributed by atoms with Gasteiger partial charge in [0.2, 0.25) is 5.95 Å². The Morgan fingerprint density at radius 1 is 1.16 bits per heavy atom. The van der Waals surface area contributed by atoms with Crippen LogP contribution in [-0.2, 0) is 17.2 Å². The minimum absolute atomic E-state index is 0.0521. The minimum atomic E-state index is -0.0521. The lowest BCUT2D eigenvalue weighted by Crippen LogP contribution is -2.53. The van der Waals surface area contributed by atoms with Crippen molar-refractivity contribution in [3.05, 3.63) is 47.6 Å². The first-order valence-corrected chi connectivity index (χ1v) is 13.0. The number of hydrogen-bond donors (Lipinski definition) is 1. The molecular weight excluding hydrogens is 506 g/mol. The highest BCUT2D eigenvalue weighted by Crippen LogP contribution is 2.53. The third-order valence-corrected chi connectivity index (χ3v) is 7.87. The maximum atomic E-state index is 6.79. The number of imidazole rings is 2. The van der Waals surface area contributed by atoms with Crippen LogP contribution in [-0.4, -0.2) is 52.1 Å². The van der Waals surface area contributed by atoms with Gasteiger partial charge in [-0.2, -0.15) is 15.2 Å². The number of nitrogens with one attached hydrogen (secondary N) is 1. The molecule has 1 N–H and O–H groups in total. The molecule has 5 aromatic rings. The van der Waals surface area contributed by atoms with E-state index >= 15 is 0 Å². The Morgan fingerprint density at radius 2 is 1.97 bits per heavy atom. The molecule has 0 radical (unpaired) electrons. The Balaban J connectivity index is 1.18. The number of pyridine rings is 1. The summed E-state index contributed by atoms with van der Waals surface area (Å²) in [6, 6.07) is 4.29. The Morgan fingerprint density at radius 3 is 2.71 bits per heavy atom. The third kappa shape index (κ3) is 3.71. The second kappa shape index (κ2) is 8.15. The molecule has 2 aliphatic rings. The molecule has 1 spiro atoms. The number of rotatable bonds is 5. The fourth-order valence-corrected chi connectivity index (χ4v) is 5.72. The van der Waals surface area contributed by atoms with Crippen molar-refractivity contribution in [2.45, 2.75) is 45.1 Å². The standard InChI is InChI=1S/C26H28ClN9O2/c1-25(2,3)18-8-19(33-36(18)15-9-26(10-15)13-37-14-26)31-24-32-23-22(34(24)4)21(27)17(12-29-23)38-16-7-20-28-5-6-35(20)30-11-16/h5-8,11-12,15H,9-10,13-14H2,1-4H3,(H,29,31,32,33). The second-order valence-electron chi connectivity index (χ2n) is 11.4. The van der Waals surface area contributed by atoms with Crippen LogP contribution in [0.1, 0.15) is 45.3 Å². The van der Waals surface area contributed by atoms with Crippen molar-refractivity contribution in [3.63, 3.8) is 0 Å². The molecule has 1 saturated heterocycles. The van der Waals surface area contributed by atoms with Crippen LogP contribution in [0.25, 0.3) is 16.8 Å². The van der Waals surface area contributed by atoms with E-state index < -0.39 is 0 Å². The third-order valence-electron chi connectivity index (χ3n) is 7.51. The summed E-state index contributed by atoms with van der Waals surface area (Å²) in [6.07, 6.45) is 8.83. The molecule has 38 heavy (non-hydrogen) atoms. The van der Waals surface area contributed by atoms with Gasteiger partial charge in [0.1, 0.15) is 10.5 Å². The average Bonchev–Trinajstić information content (AvgIpc) is 3.52. The van der Waals surface area contributed by atoms with E-state index in [1.54, 1.807) is 35.4 Å². The molecule has 0 bridgehead atoms. The second-order valence-corrected chi connectivity index (χ2v) is 11.8. The van der Waals surface area contributed by atoms with Gasteiger partial charge >= 0.3 is 0 Å². The van der Waals surface area contributed by atoms with Crippen LogP contribution < -0.4 is 10.1 Å². The number of fused-ring (bicyclic) bond motifs is 2. The summed E-state index contributed by atoms with van der Waals surface area (Å²) < 4.78 is 17.2. The smallest absolute Gasteiger partial charge is 0.210 e. The van der Waals surface area contributed by atoms with Gasteiger partial charge in [0.25, 0.3) is 0 Å². The lowest BCUT2D eigenvalue weighted by atomic mass is 9.64. The lowest BCUT2D eigenvalue weighted by molar-refractivity contribution is -0.176. The first kappa shape index (κ1) is 23.4. The molecule has 0 atom stereocenters. The number of anilines is 2. The van der Waals surface area contributed by atoms with Crippen molar-refractivity contribution in [2.24, 2.45) is 12.5 Å². The number of aromatic nitrogens is 8. The minimum Gasteiger partial charge on any atom is -0.452 e. The van der Waals surface area contributed by atoms with Gasteiger partial charge in [-0.05, 0) is 12.8 Å².